The number of aryl methyl sites for hydroxylation is 1. The second-order valence-corrected chi connectivity index (χ2v) is 6.19. The van der Waals surface area contributed by atoms with E-state index in [1.54, 1.807) is 6.92 Å². The number of carbonyl (C=O) groups is 1. The molecule has 2 rings (SSSR count). The zero-order valence-electron chi connectivity index (χ0n) is 14.4. The summed E-state index contributed by atoms with van der Waals surface area (Å²) in [7, 11) is 0. The van der Waals surface area contributed by atoms with Crippen molar-refractivity contribution in [2.24, 2.45) is 5.92 Å². The fourth-order valence-electron chi connectivity index (χ4n) is 2.70. The zero-order chi connectivity index (χ0) is 17.7. The van der Waals surface area contributed by atoms with Crippen molar-refractivity contribution in [2.75, 3.05) is 6.54 Å². The number of aliphatic hydroxyl groups excluding tert-OH is 1. The van der Waals surface area contributed by atoms with Gasteiger partial charge in [0, 0.05) is 6.54 Å². The van der Waals surface area contributed by atoms with Gasteiger partial charge >= 0.3 is 0 Å². The lowest BCUT2D eigenvalue weighted by Crippen LogP contribution is -2.30. The van der Waals surface area contributed by atoms with Gasteiger partial charge in [-0.3, -0.25) is 4.79 Å². The third kappa shape index (κ3) is 4.35. The van der Waals surface area contributed by atoms with Gasteiger partial charge in [-0.1, -0.05) is 32.0 Å². The maximum absolute atomic E-state index is 12.2. The van der Waals surface area contributed by atoms with Crippen molar-refractivity contribution in [3.63, 3.8) is 0 Å². The van der Waals surface area contributed by atoms with Crippen LogP contribution in [-0.2, 0) is 6.42 Å². The van der Waals surface area contributed by atoms with Crippen molar-refractivity contribution in [1.82, 2.24) is 15.1 Å². The Morgan fingerprint density at radius 2 is 2.04 bits per heavy atom. The Balaban J connectivity index is 2.12. The van der Waals surface area contributed by atoms with Crippen molar-refractivity contribution in [1.29, 1.82) is 0 Å². The first-order chi connectivity index (χ1) is 11.4. The van der Waals surface area contributed by atoms with Crippen LogP contribution in [0, 0.1) is 5.92 Å². The first kappa shape index (κ1) is 18.0. The van der Waals surface area contributed by atoms with Crippen LogP contribution in [-0.4, -0.2) is 38.5 Å². The van der Waals surface area contributed by atoms with Crippen molar-refractivity contribution < 1.29 is 15.0 Å². The van der Waals surface area contributed by atoms with Gasteiger partial charge in [-0.2, -0.15) is 5.10 Å². The molecule has 2 unspecified atom stereocenters. The number of hydrogen-bond donors (Lipinski definition) is 3. The van der Waals surface area contributed by atoms with Crippen molar-refractivity contribution in [3.8, 4) is 11.4 Å². The van der Waals surface area contributed by atoms with E-state index in [2.05, 4.69) is 10.4 Å². The molecule has 2 atom stereocenters. The van der Waals surface area contributed by atoms with E-state index in [-0.39, 0.29) is 17.4 Å². The fraction of sp³-hybridized carbons (Fsp3) is 0.444. The molecule has 1 aromatic carbocycles. The van der Waals surface area contributed by atoms with Crippen LogP contribution in [0.1, 0.15) is 43.2 Å². The van der Waals surface area contributed by atoms with Crippen LogP contribution in [0.25, 0.3) is 5.69 Å². The van der Waals surface area contributed by atoms with E-state index in [9.17, 15) is 15.0 Å². The largest absolute Gasteiger partial charge is 0.504 e. The second-order valence-electron chi connectivity index (χ2n) is 6.19. The Morgan fingerprint density at radius 1 is 1.33 bits per heavy atom. The van der Waals surface area contributed by atoms with E-state index in [1.807, 2.05) is 38.1 Å². The van der Waals surface area contributed by atoms with Gasteiger partial charge in [0.25, 0.3) is 5.91 Å². The average molecular weight is 331 g/mol. The van der Waals surface area contributed by atoms with Gasteiger partial charge in [-0.05, 0) is 37.3 Å². The third-order valence-electron chi connectivity index (χ3n) is 3.88. The monoisotopic (exact) mass is 331 g/mol. The smallest absolute Gasteiger partial charge is 0.275 e. The molecule has 0 saturated heterocycles. The van der Waals surface area contributed by atoms with Crippen LogP contribution in [0.5, 0.6) is 5.75 Å². The molecule has 3 N–H and O–H groups in total. The van der Waals surface area contributed by atoms with Crippen LogP contribution in [0.2, 0.25) is 0 Å². The number of aromatic nitrogens is 2. The average Bonchev–Trinajstić information content (AvgIpc) is 2.93. The standard InChI is InChI=1S/C18H25N3O3/c1-4-14-7-5-6-8-15(14)21-11-16(23)17(20-21)18(24)19-10-12(2)9-13(3)22/h5-8,11-13,22-23H,4,9-10H2,1-3H3,(H,19,24). The maximum atomic E-state index is 12.2. The van der Waals surface area contributed by atoms with Gasteiger partial charge in [0.1, 0.15) is 0 Å². The topological polar surface area (TPSA) is 87.4 Å². The minimum Gasteiger partial charge on any atom is -0.504 e. The fourth-order valence-corrected chi connectivity index (χ4v) is 2.70. The molecule has 0 fully saturated rings. The molecule has 0 spiro atoms. The summed E-state index contributed by atoms with van der Waals surface area (Å²) in [5.41, 5.74) is 1.93. The molecule has 1 amide bonds. The highest BCUT2D eigenvalue weighted by Crippen LogP contribution is 2.21. The van der Waals surface area contributed by atoms with E-state index in [1.165, 1.54) is 10.9 Å². The van der Waals surface area contributed by atoms with Crippen LogP contribution < -0.4 is 5.32 Å². The van der Waals surface area contributed by atoms with Gasteiger partial charge in [0.15, 0.2) is 11.4 Å². The van der Waals surface area contributed by atoms with Gasteiger partial charge in [0.05, 0.1) is 18.0 Å². The maximum Gasteiger partial charge on any atom is 0.275 e. The first-order valence-electron chi connectivity index (χ1n) is 8.25. The van der Waals surface area contributed by atoms with Gasteiger partial charge < -0.3 is 15.5 Å². The van der Waals surface area contributed by atoms with Gasteiger partial charge in [0.2, 0.25) is 0 Å². The summed E-state index contributed by atoms with van der Waals surface area (Å²) in [5.74, 6) is -0.432. The van der Waals surface area contributed by atoms with Crippen LogP contribution >= 0.6 is 0 Å². The number of aromatic hydroxyl groups is 1. The SMILES string of the molecule is CCc1ccccc1-n1cc(O)c(C(=O)NCC(C)CC(C)O)n1. The summed E-state index contributed by atoms with van der Waals surface area (Å²) in [4.78, 5) is 12.2. The summed E-state index contributed by atoms with van der Waals surface area (Å²) in [6.07, 6.45) is 2.47. The number of hydrogen-bond acceptors (Lipinski definition) is 4. The van der Waals surface area contributed by atoms with Gasteiger partial charge in [-0.15, -0.1) is 0 Å². The summed E-state index contributed by atoms with van der Waals surface area (Å²) >= 11 is 0. The Kier molecular flexibility index (Phi) is 5.98. The van der Waals surface area contributed by atoms with Crippen LogP contribution in [0.3, 0.4) is 0 Å². The lowest BCUT2D eigenvalue weighted by molar-refractivity contribution is 0.0931. The third-order valence-corrected chi connectivity index (χ3v) is 3.88. The molecule has 130 valence electrons. The quantitative estimate of drug-likeness (QED) is 0.726. The van der Waals surface area contributed by atoms with Crippen LogP contribution in [0.4, 0.5) is 0 Å². The number of aliphatic hydroxyl groups is 1. The van der Waals surface area contributed by atoms with Crippen molar-refractivity contribution in [2.45, 2.75) is 39.7 Å². The van der Waals surface area contributed by atoms with E-state index >= 15 is 0 Å². The van der Waals surface area contributed by atoms with E-state index in [4.69, 9.17) is 0 Å². The molecule has 0 aliphatic carbocycles. The van der Waals surface area contributed by atoms with Crippen molar-refractivity contribution in [3.05, 3.63) is 41.7 Å². The lowest BCUT2D eigenvalue weighted by atomic mass is 10.0. The lowest BCUT2D eigenvalue weighted by Gasteiger charge is -2.13. The highest BCUT2D eigenvalue weighted by atomic mass is 16.3. The molecule has 1 aromatic heterocycles. The zero-order valence-corrected chi connectivity index (χ0v) is 14.4. The van der Waals surface area contributed by atoms with E-state index in [0.29, 0.717) is 13.0 Å². The highest BCUT2D eigenvalue weighted by Gasteiger charge is 2.18. The molecule has 2 aromatic rings. The summed E-state index contributed by atoms with van der Waals surface area (Å²) in [6.45, 7) is 6.13. The second kappa shape index (κ2) is 7.97. The van der Waals surface area contributed by atoms with E-state index in [0.717, 1.165) is 17.7 Å². The van der Waals surface area contributed by atoms with Crippen molar-refractivity contribution >= 4 is 5.91 Å². The number of carbonyl (C=O) groups excluding carboxylic acids is 1. The Labute approximate surface area is 142 Å². The minimum atomic E-state index is -0.419. The Hall–Kier alpha value is -2.34. The molecule has 6 heteroatoms. The molecule has 0 aliphatic rings. The highest BCUT2D eigenvalue weighted by molar-refractivity contribution is 5.94. The molecule has 0 aliphatic heterocycles. The van der Waals surface area contributed by atoms with E-state index < -0.39 is 12.0 Å². The molecule has 24 heavy (non-hydrogen) atoms. The van der Waals surface area contributed by atoms with Crippen LogP contribution in [0.15, 0.2) is 30.5 Å². The number of benzene rings is 1. The summed E-state index contributed by atoms with van der Waals surface area (Å²) in [6, 6.07) is 7.73. The predicted molar refractivity (Wildman–Crippen MR) is 92.4 cm³/mol. The Bertz CT molecular complexity index is 695. The molecule has 0 radical (unpaired) electrons. The molecule has 6 nitrogen and oxygen atoms in total. The number of rotatable bonds is 7. The summed E-state index contributed by atoms with van der Waals surface area (Å²) in [5, 5.41) is 26.4. The molecular weight excluding hydrogens is 306 g/mol. The minimum absolute atomic E-state index is 0.00477. The normalized spacial score (nSPS) is 13.5. The Morgan fingerprint density at radius 3 is 2.71 bits per heavy atom. The predicted octanol–water partition coefficient (Wildman–Crippen LogP) is 2.28. The number of para-hydroxylation sites is 1. The molecular formula is C18H25N3O3. The number of nitrogens with one attached hydrogen (secondary N) is 1. The molecule has 1 heterocycles. The van der Waals surface area contributed by atoms with Gasteiger partial charge in [-0.25, -0.2) is 4.68 Å². The number of amides is 1. The number of nitrogens with zero attached hydrogens (tertiary/aromatic N) is 2. The first-order valence-corrected chi connectivity index (χ1v) is 8.25. The molecule has 0 saturated carbocycles. The molecule has 0 bridgehead atoms. The summed E-state index contributed by atoms with van der Waals surface area (Å²) < 4.78 is 1.53.